The monoisotopic (exact) mass is 255 g/mol. The topological polar surface area (TPSA) is 44.3 Å². The van der Waals surface area contributed by atoms with Crippen LogP contribution in [0.5, 0.6) is 0 Å². The van der Waals surface area contributed by atoms with Crippen molar-refractivity contribution in [1.82, 2.24) is 20.2 Å². The molecule has 5 nitrogen and oxygen atoms in total. The number of nitrogens with one attached hydrogen (secondary N) is 1. The Labute approximate surface area is 107 Å². The lowest BCUT2D eigenvalue weighted by molar-refractivity contribution is 0.259. The lowest BCUT2D eigenvalue weighted by Crippen LogP contribution is -2.48. The summed E-state index contributed by atoms with van der Waals surface area (Å²) in [5, 5.41) is 3.66. The van der Waals surface area contributed by atoms with Crippen LogP contribution in [-0.4, -0.2) is 61.2 Å². The molecule has 94 valence electrons. The molecular formula is C11H18ClN5. The maximum absolute atomic E-state index is 6.04. The highest BCUT2D eigenvalue weighted by Crippen LogP contribution is 2.20. The minimum Gasteiger partial charge on any atom is -0.351 e. The number of likely N-dealkylation sites (N-methyl/N-ethyl adjacent to an activating group) is 1. The highest BCUT2D eigenvalue weighted by Gasteiger charge is 2.19. The quantitative estimate of drug-likeness (QED) is 0.848. The molecule has 1 N–H and O–H groups in total. The van der Waals surface area contributed by atoms with Crippen molar-refractivity contribution < 1.29 is 0 Å². The number of rotatable bonds is 4. The van der Waals surface area contributed by atoms with Gasteiger partial charge in [0, 0.05) is 51.7 Å². The van der Waals surface area contributed by atoms with Crippen LogP contribution in [0, 0.1) is 0 Å². The van der Waals surface area contributed by atoms with E-state index in [9.17, 15) is 0 Å². The Balaban J connectivity index is 1.89. The molecule has 1 aromatic heterocycles. The molecule has 0 spiro atoms. The third-order valence-electron chi connectivity index (χ3n) is 2.99. The third kappa shape index (κ3) is 3.28. The zero-order chi connectivity index (χ0) is 12.1. The minimum absolute atomic E-state index is 0.496. The summed E-state index contributed by atoms with van der Waals surface area (Å²) in [4.78, 5) is 13.0. The number of anilines is 1. The van der Waals surface area contributed by atoms with E-state index in [-0.39, 0.29) is 0 Å². The molecule has 1 aliphatic heterocycles. The van der Waals surface area contributed by atoms with Crippen molar-refractivity contribution in [2.45, 2.75) is 0 Å². The van der Waals surface area contributed by atoms with Crippen LogP contribution in [0.3, 0.4) is 0 Å². The number of aromatic nitrogens is 2. The van der Waals surface area contributed by atoms with Gasteiger partial charge in [-0.2, -0.15) is 0 Å². The fourth-order valence-corrected chi connectivity index (χ4v) is 2.20. The Hall–Kier alpha value is -0.910. The molecule has 1 saturated heterocycles. The second-order valence-corrected chi connectivity index (χ2v) is 4.46. The molecule has 0 atom stereocenters. The average Bonchev–Trinajstić information content (AvgIpc) is 2.38. The minimum atomic E-state index is 0.496. The Kier molecular flexibility index (Phi) is 4.53. The van der Waals surface area contributed by atoms with E-state index < -0.39 is 0 Å². The van der Waals surface area contributed by atoms with Gasteiger partial charge in [-0.05, 0) is 7.05 Å². The number of hydrogen-bond acceptors (Lipinski definition) is 5. The fourth-order valence-electron chi connectivity index (χ4n) is 1.98. The molecule has 1 aliphatic rings. The van der Waals surface area contributed by atoms with E-state index in [2.05, 4.69) is 25.1 Å². The first kappa shape index (κ1) is 12.5. The van der Waals surface area contributed by atoms with Gasteiger partial charge in [0.05, 0.1) is 0 Å². The predicted octanol–water partition coefficient (Wildman–Crippen LogP) is 0.471. The van der Waals surface area contributed by atoms with Crippen molar-refractivity contribution in [1.29, 1.82) is 0 Å². The van der Waals surface area contributed by atoms with E-state index >= 15 is 0 Å². The molecule has 0 saturated carbocycles. The average molecular weight is 256 g/mol. The molecule has 6 heteroatoms. The highest BCUT2D eigenvalue weighted by molar-refractivity contribution is 6.31. The highest BCUT2D eigenvalue weighted by atomic mass is 35.5. The summed E-state index contributed by atoms with van der Waals surface area (Å²) in [6, 6.07) is 0. The van der Waals surface area contributed by atoms with Gasteiger partial charge in [0.2, 0.25) is 0 Å². The fraction of sp³-hybridized carbons (Fsp3) is 0.636. The Morgan fingerprint density at radius 1 is 1.24 bits per heavy atom. The van der Waals surface area contributed by atoms with E-state index in [4.69, 9.17) is 11.6 Å². The first-order valence-corrected chi connectivity index (χ1v) is 6.27. The Morgan fingerprint density at radius 3 is 2.59 bits per heavy atom. The molecule has 17 heavy (non-hydrogen) atoms. The van der Waals surface area contributed by atoms with Crippen LogP contribution in [0.2, 0.25) is 5.15 Å². The van der Waals surface area contributed by atoms with Crippen LogP contribution in [0.25, 0.3) is 0 Å². The smallest absolute Gasteiger partial charge is 0.171 e. The molecule has 0 aliphatic carbocycles. The molecule has 0 unspecified atom stereocenters. The summed E-state index contributed by atoms with van der Waals surface area (Å²) in [6.07, 6.45) is 3.31. The first-order chi connectivity index (χ1) is 8.31. The van der Waals surface area contributed by atoms with Crippen molar-refractivity contribution in [2.75, 3.05) is 51.2 Å². The summed E-state index contributed by atoms with van der Waals surface area (Å²) in [7, 11) is 1.98. The van der Waals surface area contributed by atoms with Crippen molar-refractivity contribution in [3.63, 3.8) is 0 Å². The van der Waals surface area contributed by atoms with Gasteiger partial charge in [0.1, 0.15) is 0 Å². The maximum atomic E-state index is 6.04. The molecule has 2 heterocycles. The predicted molar refractivity (Wildman–Crippen MR) is 69.6 cm³/mol. The number of hydrogen-bond donors (Lipinski definition) is 1. The van der Waals surface area contributed by atoms with Crippen LogP contribution in [0.1, 0.15) is 0 Å². The van der Waals surface area contributed by atoms with Crippen molar-refractivity contribution in [3.8, 4) is 0 Å². The standard InChI is InChI=1S/C11H18ClN5/c1-13-4-5-16-6-8-17(9-7-16)11-10(12)14-2-3-15-11/h2-3,13H,4-9H2,1H3. The molecule has 0 radical (unpaired) electrons. The summed E-state index contributed by atoms with van der Waals surface area (Å²) in [5.74, 6) is 0.808. The van der Waals surface area contributed by atoms with Crippen LogP contribution in [0.4, 0.5) is 5.82 Å². The molecular weight excluding hydrogens is 238 g/mol. The van der Waals surface area contributed by atoms with E-state index in [0.717, 1.165) is 45.1 Å². The van der Waals surface area contributed by atoms with Crippen LogP contribution in [-0.2, 0) is 0 Å². The largest absolute Gasteiger partial charge is 0.351 e. The first-order valence-electron chi connectivity index (χ1n) is 5.89. The van der Waals surface area contributed by atoms with Gasteiger partial charge in [0.25, 0.3) is 0 Å². The van der Waals surface area contributed by atoms with Crippen LogP contribution >= 0.6 is 11.6 Å². The van der Waals surface area contributed by atoms with E-state index in [1.54, 1.807) is 12.4 Å². The maximum Gasteiger partial charge on any atom is 0.171 e. The van der Waals surface area contributed by atoms with Crippen LogP contribution in [0.15, 0.2) is 12.4 Å². The second-order valence-electron chi connectivity index (χ2n) is 4.10. The molecule has 1 aromatic rings. The Bertz CT molecular complexity index is 351. The van der Waals surface area contributed by atoms with Crippen LogP contribution < -0.4 is 10.2 Å². The zero-order valence-corrected chi connectivity index (χ0v) is 10.8. The number of piperazine rings is 1. The zero-order valence-electron chi connectivity index (χ0n) is 10.1. The van der Waals surface area contributed by atoms with Gasteiger partial charge in [0.15, 0.2) is 11.0 Å². The Morgan fingerprint density at radius 2 is 1.94 bits per heavy atom. The molecule has 1 fully saturated rings. The van der Waals surface area contributed by atoms with Crippen molar-refractivity contribution >= 4 is 17.4 Å². The summed E-state index contributed by atoms with van der Waals surface area (Å²) < 4.78 is 0. The summed E-state index contributed by atoms with van der Waals surface area (Å²) in [5.41, 5.74) is 0. The van der Waals surface area contributed by atoms with Crippen molar-refractivity contribution in [3.05, 3.63) is 17.5 Å². The van der Waals surface area contributed by atoms with Gasteiger partial charge >= 0.3 is 0 Å². The van der Waals surface area contributed by atoms with E-state index in [0.29, 0.717) is 5.15 Å². The summed E-state index contributed by atoms with van der Waals surface area (Å²) in [6.45, 7) is 6.15. The molecule has 0 amide bonds. The van der Waals surface area contributed by atoms with Gasteiger partial charge in [-0.3, -0.25) is 4.90 Å². The normalized spacial score (nSPS) is 17.4. The van der Waals surface area contributed by atoms with E-state index in [1.807, 2.05) is 7.05 Å². The lowest BCUT2D eigenvalue weighted by Gasteiger charge is -2.35. The third-order valence-corrected chi connectivity index (χ3v) is 3.25. The summed E-state index contributed by atoms with van der Waals surface area (Å²) >= 11 is 6.04. The molecule has 2 rings (SSSR count). The van der Waals surface area contributed by atoms with Gasteiger partial charge < -0.3 is 10.2 Å². The van der Waals surface area contributed by atoms with Crippen molar-refractivity contribution in [2.24, 2.45) is 0 Å². The van der Waals surface area contributed by atoms with E-state index in [1.165, 1.54) is 0 Å². The van der Waals surface area contributed by atoms with Gasteiger partial charge in [-0.1, -0.05) is 11.6 Å². The second kappa shape index (κ2) is 6.14. The SMILES string of the molecule is CNCCN1CCN(c2nccnc2Cl)CC1. The lowest BCUT2D eigenvalue weighted by atomic mass is 10.3. The molecule has 0 bridgehead atoms. The van der Waals surface area contributed by atoms with Gasteiger partial charge in [-0.15, -0.1) is 0 Å². The van der Waals surface area contributed by atoms with Gasteiger partial charge in [-0.25, -0.2) is 9.97 Å². The molecule has 0 aromatic carbocycles. The number of halogens is 1. The number of nitrogens with zero attached hydrogens (tertiary/aromatic N) is 4.